The van der Waals surface area contributed by atoms with Crippen LogP contribution in [0.15, 0.2) is 0 Å². The van der Waals surface area contributed by atoms with Crippen LogP contribution in [0.4, 0.5) is 13.2 Å². The molecular weight excluding hydrogens is 217 g/mol. The first kappa shape index (κ1) is 11.7. The van der Waals surface area contributed by atoms with Gasteiger partial charge in [0.1, 0.15) is 0 Å². The minimum atomic E-state index is -5.84. The number of nitrogens with two attached hydrogens (primary N) is 1. The topological polar surface area (TPSA) is 106 Å². The number of sulfonamides is 1. The van der Waals surface area contributed by atoms with Gasteiger partial charge in [0.2, 0.25) is 0 Å². The third-order valence-electron chi connectivity index (χ3n) is 0.756. The molecule has 0 aromatic heterocycles. The first-order valence-electron chi connectivity index (χ1n) is 2.51. The number of halogens is 3. The maximum Gasteiger partial charge on any atom is 0.516 e. The molecule has 6 nitrogen and oxygen atoms in total. The fraction of sp³-hybridized carbons (Fsp3) is 0.333. The van der Waals surface area contributed by atoms with Crippen molar-refractivity contribution < 1.29 is 31.2 Å². The smallest absolute Gasteiger partial charge is 0.361 e. The molecule has 0 fully saturated rings. The zero-order chi connectivity index (χ0) is 10.9. The number of hydrogen-bond acceptors (Lipinski definition) is 4. The van der Waals surface area contributed by atoms with E-state index in [-0.39, 0.29) is 0 Å². The quantitative estimate of drug-likeness (QED) is 0.521. The standard InChI is InChI=1S/C3H3F3N2O4S/c4-3(5,6)13(11,12)8-2(10)1(7)9/h(H2,7,9)(H,8,10). The highest BCUT2D eigenvalue weighted by molar-refractivity contribution is 7.91. The van der Waals surface area contributed by atoms with E-state index in [0.29, 0.717) is 4.72 Å². The van der Waals surface area contributed by atoms with Crippen molar-refractivity contribution in [1.29, 1.82) is 0 Å². The summed E-state index contributed by atoms with van der Waals surface area (Å²) in [5.74, 6) is -3.87. The molecule has 0 heterocycles. The summed E-state index contributed by atoms with van der Waals surface area (Å²) in [4.78, 5) is 20.0. The third-order valence-corrected chi connectivity index (χ3v) is 1.82. The van der Waals surface area contributed by atoms with Crippen LogP contribution in [0.2, 0.25) is 0 Å². The van der Waals surface area contributed by atoms with Gasteiger partial charge in [-0.25, -0.2) is 4.72 Å². The number of alkyl halides is 3. The van der Waals surface area contributed by atoms with Crippen molar-refractivity contribution in [3.63, 3.8) is 0 Å². The van der Waals surface area contributed by atoms with E-state index in [2.05, 4.69) is 5.73 Å². The van der Waals surface area contributed by atoms with Crippen LogP contribution in [-0.4, -0.2) is 25.7 Å². The molecule has 0 aromatic carbocycles. The highest BCUT2D eigenvalue weighted by atomic mass is 32.2. The van der Waals surface area contributed by atoms with Crippen LogP contribution >= 0.6 is 0 Å². The molecule has 0 aliphatic carbocycles. The van der Waals surface area contributed by atoms with Gasteiger partial charge in [-0.3, -0.25) is 9.59 Å². The molecular formula is C3H3F3N2O4S. The average molecular weight is 220 g/mol. The van der Waals surface area contributed by atoms with E-state index in [1.807, 2.05) is 0 Å². The second kappa shape index (κ2) is 3.20. The molecule has 0 saturated carbocycles. The van der Waals surface area contributed by atoms with Gasteiger partial charge >= 0.3 is 27.3 Å². The fourth-order valence-electron chi connectivity index (χ4n) is 0.230. The predicted octanol–water partition coefficient (Wildman–Crippen LogP) is -1.56. The normalized spacial score (nSPS) is 12.2. The predicted molar refractivity (Wildman–Crippen MR) is 32.3 cm³/mol. The Bertz CT molecular complexity index is 331. The summed E-state index contributed by atoms with van der Waals surface area (Å²) >= 11 is 0. The van der Waals surface area contributed by atoms with Gasteiger partial charge in [0.15, 0.2) is 0 Å². The van der Waals surface area contributed by atoms with Crippen molar-refractivity contribution in [3.05, 3.63) is 0 Å². The fourth-order valence-corrected chi connectivity index (χ4v) is 0.691. The molecule has 0 aliphatic rings. The van der Waals surface area contributed by atoms with Crippen LogP contribution < -0.4 is 10.5 Å². The largest absolute Gasteiger partial charge is 0.516 e. The molecule has 0 aliphatic heterocycles. The lowest BCUT2D eigenvalue weighted by atomic mass is 10.6. The Morgan fingerprint density at radius 3 is 1.85 bits per heavy atom. The van der Waals surface area contributed by atoms with E-state index in [0.717, 1.165) is 0 Å². The van der Waals surface area contributed by atoms with E-state index >= 15 is 0 Å². The highest BCUT2D eigenvalue weighted by Crippen LogP contribution is 2.21. The van der Waals surface area contributed by atoms with Crippen molar-refractivity contribution in [2.45, 2.75) is 5.51 Å². The van der Waals surface area contributed by atoms with Crippen molar-refractivity contribution >= 4 is 21.8 Å². The van der Waals surface area contributed by atoms with Crippen molar-refractivity contribution in [1.82, 2.24) is 4.72 Å². The van der Waals surface area contributed by atoms with E-state index < -0.39 is 27.3 Å². The SMILES string of the molecule is NC(=O)C(=O)NS(=O)(=O)C(F)(F)F. The molecule has 0 atom stereocenters. The Morgan fingerprint density at radius 1 is 1.23 bits per heavy atom. The van der Waals surface area contributed by atoms with Gasteiger partial charge in [0, 0.05) is 0 Å². The maximum absolute atomic E-state index is 11.5. The van der Waals surface area contributed by atoms with Gasteiger partial charge in [0.25, 0.3) is 0 Å². The minimum Gasteiger partial charge on any atom is -0.361 e. The zero-order valence-electron chi connectivity index (χ0n) is 5.75. The molecule has 2 amide bonds. The van der Waals surface area contributed by atoms with Crippen LogP contribution in [0.1, 0.15) is 0 Å². The Morgan fingerprint density at radius 2 is 1.62 bits per heavy atom. The molecule has 0 saturated heterocycles. The van der Waals surface area contributed by atoms with E-state index in [1.54, 1.807) is 0 Å². The first-order valence-corrected chi connectivity index (χ1v) is 3.99. The van der Waals surface area contributed by atoms with Crippen molar-refractivity contribution in [2.24, 2.45) is 5.73 Å². The Labute approximate surface area is 69.9 Å². The summed E-state index contributed by atoms with van der Waals surface area (Å²) in [6, 6.07) is 0. The molecule has 76 valence electrons. The summed E-state index contributed by atoms with van der Waals surface area (Å²) in [6.07, 6.45) is 0. The summed E-state index contributed by atoms with van der Waals surface area (Å²) < 4.78 is 55.1. The molecule has 3 N–H and O–H groups in total. The van der Waals surface area contributed by atoms with E-state index in [1.165, 1.54) is 0 Å². The van der Waals surface area contributed by atoms with Crippen LogP contribution in [0.3, 0.4) is 0 Å². The van der Waals surface area contributed by atoms with Crippen LogP contribution in [-0.2, 0) is 19.6 Å². The van der Waals surface area contributed by atoms with E-state index in [4.69, 9.17) is 0 Å². The monoisotopic (exact) mass is 220 g/mol. The van der Waals surface area contributed by atoms with Gasteiger partial charge < -0.3 is 5.73 Å². The van der Waals surface area contributed by atoms with E-state index in [9.17, 15) is 31.2 Å². The second-order valence-corrected chi connectivity index (χ2v) is 3.42. The lowest BCUT2D eigenvalue weighted by Gasteiger charge is -2.06. The lowest BCUT2D eigenvalue weighted by Crippen LogP contribution is -2.45. The van der Waals surface area contributed by atoms with Gasteiger partial charge in [-0.2, -0.15) is 21.6 Å². The molecule has 0 rings (SSSR count). The van der Waals surface area contributed by atoms with Crippen LogP contribution in [0, 0.1) is 0 Å². The minimum absolute atomic E-state index is 0.429. The number of primary amides is 1. The number of nitrogens with one attached hydrogen (secondary N) is 1. The summed E-state index contributed by atoms with van der Waals surface area (Å²) in [6.45, 7) is 0. The van der Waals surface area contributed by atoms with Gasteiger partial charge in [-0.1, -0.05) is 0 Å². The second-order valence-electron chi connectivity index (χ2n) is 1.74. The molecule has 10 heteroatoms. The number of amides is 2. The Hall–Kier alpha value is -1.32. The number of carbonyl (C=O) groups is 2. The number of rotatable bonds is 1. The van der Waals surface area contributed by atoms with Crippen LogP contribution in [0.25, 0.3) is 0 Å². The van der Waals surface area contributed by atoms with Crippen LogP contribution in [0.5, 0.6) is 0 Å². The number of hydrogen-bond donors (Lipinski definition) is 2. The summed E-state index contributed by atoms with van der Waals surface area (Å²) in [5, 5.41) is 0. The summed E-state index contributed by atoms with van der Waals surface area (Å²) in [7, 11) is -5.84. The molecule has 0 radical (unpaired) electrons. The van der Waals surface area contributed by atoms with Crippen molar-refractivity contribution in [2.75, 3.05) is 0 Å². The Kier molecular flexibility index (Phi) is 2.88. The molecule has 0 spiro atoms. The molecule has 0 bridgehead atoms. The first-order chi connectivity index (χ1) is 5.58. The third kappa shape index (κ3) is 2.89. The van der Waals surface area contributed by atoms with Gasteiger partial charge in [-0.15, -0.1) is 0 Å². The average Bonchev–Trinajstić information content (AvgIpc) is 1.83. The summed E-state index contributed by atoms with van der Waals surface area (Å²) in [5.41, 5.74) is -1.45. The van der Waals surface area contributed by atoms with Gasteiger partial charge in [0.05, 0.1) is 0 Å². The molecule has 13 heavy (non-hydrogen) atoms. The Balaban J connectivity index is 4.75. The molecule has 0 aromatic rings. The molecule has 0 unspecified atom stereocenters. The zero-order valence-corrected chi connectivity index (χ0v) is 6.57. The highest BCUT2D eigenvalue weighted by Gasteiger charge is 2.47. The van der Waals surface area contributed by atoms with Gasteiger partial charge in [-0.05, 0) is 0 Å². The van der Waals surface area contributed by atoms with Crippen molar-refractivity contribution in [3.8, 4) is 0 Å². The number of carbonyl (C=O) groups excluding carboxylic acids is 2. The maximum atomic E-state index is 11.5. The lowest BCUT2D eigenvalue weighted by molar-refractivity contribution is -0.136.